The first kappa shape index (κ1) is 15.6. The summed E-state index contributed by atoms with van der Waals surface area (Å²) in [6.07, 6.45) is 8.81. The summed E-state index contributed by atoms with van der Waals surface area (Å²) in [6, 6.07) is 8.05. The van der Waals surface area contributed by atoms with Gasteiger partial charge in [-0.2, -0.15) is 0 Å². The molecule has 0 aliphatic heterocycles. The van der Waals surface area contributed by atoms with Crippen molar-refractivity contribution in [1.82, 2.24) is 0 Å². The minimum atomic E-state index is -0.678. The molecule has 1 aromatic carbocycles. The zero-order valence-electron chi connectivity index (χ0n) is 12.6. The first-order valence-corrected chi connectivity index (χ1v) is 7.73. The predicted octanol–water partition coefficient (Wildman–Crippen LogP) is 4.21. The van der Waals surface area contributed by atoms with Crippen LogP contribution in [-0.2, 0) is 4.79 Å². The van der Waals surface area contributed by atoms with E-state index in [4.69, 9.17) is 9.84 Å². The lowest BCUT2D eigenvalue weighted by molar-refractivity contribution is -0.138. The van der Waals surface area contributed by atoms with E-state index in [0.29, 0.717) is 24.9 Å². The third kappa shape index (κ3) is 5.25. The van der Waals surface area contributed by atoms with E-state index >= 15 is 0 Å². The lowest BCUT2D eigenvalue weighted by atomic mass is 9.92. The van der Waals surface area contributed by atoms with Crippen LogP contribution in [0.25, 0.3) is 0 Å². The van der Waals surface area contributed by atoms with Gasteiger partial charge in [0.15, 0.2) is 0 Å². The van der Waals surface area contributed by atoms with Gasteiger partial charge in [0.1, 0.15) is 5.75 Å². The summed E-state index contributed by atoms with van der Waals surface area (Å²) >= 11 is 0. The van der Waals surface area contributed by atoms with Gasteiger partial charge in [0.05, 0.1) is 6.61 Å². The number of hydrogen-bond acceptors (Lipinski definition) is 2. The summed E-state index contributed by atoms with van der Waals surface area (Å²) in [5.41, 5.74) is 1.20. The molecule has 0 amide bonds. The smallest absolute Gasteiger partial charge is 0.303 e. The van der Waals surface area contributed by atoms with Gasteiger partial charge < -0.3 is 9.84 Å². The molecule has 1 fully saturated rings. The highest BCUT2D eigenvalue weighted by Gasteiger charge is 2.26. The Labute approximate surface area is 126 Å². The quantitative estimate of drug-likeness (QED) is 0.604. The van der Waals surface area contributed by atoms with Crippen molar-refractivity contribution in [3.05, 3.63) is 42.0 Å². The minimum absolute atomic E-state index is 0.300. The molecule has 0 spiro atoms. The largest absolute Gasteiger partial charge is 0.493 e. The first-order valence-electron chi connectivity index (χ1n) is 7.73. The van der Waals surface area contributed by atoms with Crippen LogP contribution in [0.3, 0.4) is 0 Å². The van der Waals surface area contributed by atoms with E-state index in [1.54, 1.807) is 0 Å². The Balaban J connectivity index is 1.71. The summed E-state index contributed by atoms with van der Waals surface area (Å²) in [4.78, 5) is 10.8. The molecule has 0 radical (unpaired) electrons. The topological polar surface area (TPSA) is 46.5 Å². The average Bonchev–Trinajstić information content (AvgIpc) is 2.85. The molecule has 21 heavy (non-hydrogen) atoms. The van der Waals surface area contributed by atoms with Crippen LogP contribution >= 0.6 is 0 Å². The number of hydrogen-bond donors (Lipinski definition) is 1. The van der Waals surface area contributed by atoms with Gasteiger partial charge in [0.2, 0.25) is 0 Å². The van der Waals surface area contributed by atoms with Gasteiger partial charge in [-0.05, 0) is 55.7 Å². The zero-order chi connectivity index (χ0) is 15.1. The highest BCUT2D eigenvalue weighted by atomic mass is 16.5. The fourth-order valence-corrected chi connectivity index (χ4v) is 3.02. The SMILES string of the molecule is Cc1cccc(OCC/C=C/C2CCC[C@@H]2CC(=O)O)c1. The molecule has 2 atom stereocenters. The Hall–Kier alpha value is -1.77. The molecule has 114 valence electrons. The molecular formula is C18H24O3. The van der Waals surface area contributed by atoms with Crippen molar-refractivity contribution in [1.29, 1.82) is 0 Å². The molecule has 0 saturated heterocycles. The van der Waals surface area contributed by atoms with E-state index in [9.17, 15) is 4.79 Å². The molecule has 0 aromatic heterocycles. The molecule has 2 rings (SSSR count). The van der Waals surface area contributed by atoms with E-state index in [0.717, 1.165) is 31.4 Å². The van der Waals surface area contributed by atoms with Crippen LogP contribution in [0.5, 0.6) is 5.75 Å². The first-order chi connectivity index (χ1) is 10.1. The second-order valence-electron chi connectivity index (χ2n) is 5.83. The van der Waals surface area contributed by atoms with E-state index in [2.05, 4.69) is 25.1 Å². The third-order valence-electron chi connectivity index (χ3n) is 4.08. The lowest BCUT2D eigenvalue weighted by Gasteiger charge is -2.13. The Morgan fingerprint density at radius 3 is 3.05 bits per heavy atom. The number of carboxylic acid groups (broad SMARTS) is 1. The standard InChI is InChI=1S/C18H24O3/c1-14-6-4-10-17(12-14)21-11-3-2-7-15-8-5-9-16(15)13-18(19)20/h2,4,6-7,10,12,15-16H,3,5,8-9,11,13H2,1H3,(H,19,20)/b7-2+/t15?,16-/m1/s1. The summed E-state index contributed by atoms with van der Waals surface area (Å²) in [7, 11) is 0. The molecule has 1 N–H and O–H groups in total. The molecule has 3 nitrogen and oxygen atoms in total. The fourth-order valence-electron chi connectivity index (χ4n) is 3.02. The van der Waals surface area contributed by atoms with Gasteiger partial charge in [0.25, 0.3) is 0 Å². The van der Waals surface area contributed by atoms with Gasteiger partial charge in [-0.3, -0.25) is 4.79 Å². The average molecular weight is 288 g/mol. The number of allylic oxidation sites excluding steroid dienone is 1. The van der Waals surface area contributed by atoms with Crippen LogP contribution in [0.15, 0.2) is 36.4 Å². The highest BCUT2D eigenvalue weighted by Crippen LogP contribution is 2.35. The number of benzene rings is 1. The van der Waals surface area contributed by atoms with Gasteiger partial charge in [-0.15, -0.1) is 0 Å². The van der Waals surface area contributed by atoms with Crippen LogP contribution in [0.2, 0.25) is 0 Å². The van der Waals surface area contributed by atoms with E-state index in [-0.39, 0.29) is 0 Å². The molecule has 1 unspecified atom stereocenters. The van der Waals surface area contributed by atoms with E-state index < -0.39 is 5.97 Å². The molecule has 0 bridgehead atoms. The summed E-state index contributed by atoms with van der Waals surface area (Å²) < 4.78 is 5.70. The predicted molar refractivity (Wildman–Crippen MR) is 83.5 cm³/mol. The van der Waals surface area contributed by atoms with Crippen LogP contribution in [-0.4, -0.2) is 17.7 Å². The van der Waals surface area contributed by atoms with Gasteiger partial charge in [-0.25, -0.2) is 0 Å². The Bertz CT molecular complexity index is 493. The summed E-state index contributed by atoms with van der Waals surface area (Å²) in [5, 5.41) is 8.91. The normalized spacial score (nSPS) is 21.8. The Kier molecular flexibility index (Phi) is 5.85. The highest BCUT2D eigenvalue weighted by molar-refractivity contribution is 5.67. The van der Waals surface area contributed by atoms with Gasteiger partial charge >= 0.3 is 5.97 Å². The Morgan fingerprint density at radius 2 is 2.29 bits per heavy atom. The van der Waals surface area contributed by atoms with Crippen molar-refractivity contribution in [3.8, 4) is 5.75 Å². The number of carboxylic acids is 1. The molecule has 1 aliphatic rings. The monoisotopic (exact) mass is 288 g/mol. The van der Waals surface area contributed by atoms with Crippen molar-refractivity contribution in [2.75, 3.05) is 6.61 Å². The second kappa shape index (κ2) is 7.87. The van der Waals surface area contributed by atoms with Crippen LogP contribution < -0.4 is 4.74 Å². The number of aliphatic carboxylic acids is 1. The minimum Gasteiger partial charge on any atom is -0.493 e. The maximum atomic E-state index is 10.8. The van der Waals surface area contributed by atoms with Crippen molar-refractivity contribution in [2.45, 2.75) is 39.0 Å². The van der Waals surface area contributed by atoms with E-state index in [1.807, 2.05) is 18.2 Å². The van der Waals surface area contributed by atoms with Crippen LogP contribution in [0.4, 0.5) is 0 Å². The van der Waals surface area contributed by atoms with Crippen molar-refractivity contribution in [2.24, 2.45) is 11.8 Å². The van der Waals surface area contributed by atoms with Crippen LogP contribution in [0, 0.1) is 18.8 Å². The fraction of sp³-hybridized carbons (Fsp3) is 0.500. The lowest BCUT2D eigenvalue weighted by Crippen LogP contribution is -2.11. The maximum absolute atomic E-state index is 10.8. The Morgan fingerprint density at radius 1 is 1.43 bits per heavy atom. The maximum Gasteiger partial charge on any atom is 0.303 e. The summed E-state index contributed by atoms with van der Waals surface area (Å²) in [5.74, 6) is 0.979. The number of rotatable bonds is 7. The zero-order valence-corrected chi connectivity index (χ0v) is 12.6. The number of aryl methyl sites for hydroxylation is 1. The van der Waals surface area contributed by atoms with Gasteiger partial charge in [-0.1, -0.05) is 30.7 Å². The van der Waals surface area contributed by atoms with E-state index in [1.165, 1.54) is 5.56 Å². The molecular weight excluding hydrogens is 264 g/mol. The van der Waals surface area contributed by atoms with Crippen molar-refractivity contribution in [3.63, 3.8) is 0 Å². The molecule has 1 aliphatic carbocycles. The molecule has 1 aromatic rings. The third-order valence-corrected chi connectivity index (χ3v) is 4.08. The molecule has 0 heterocycles. The second-order valence-corrected chi connectivity index (χ2v) is 5.83. The van der Waals surface area contributed by atoms with Crippen molar-refractivity contribution < 1.29 is 14.6 Å². The number of carbonyl (C=O) groups is 1. The van der Waals surface area contributed by atoms with Crippen LogP contribution in [0.1, 0.15) is 37.7 Å². The molecule has 1 saturated carbocycles. The molecule has 3 heteroatoms. The van der Waals surface area contributed by atoms with Crippen molar-refractivity contribution >= 4 is 5.97 Å². The van der Waals surface area contributed by atoms with Gasteiger partial charge in [0, 0.05) is 6.42 Å². The number of ether oxygens (including phenoxy) is 1. The summed E-state index contributed by atoms with van der Waals surface area (Å²) in [6.45, 7) is 2.71.